The molecule has 1 saturated heterocycles. The number of carbonyl (C=O) groups is 1. The molecule has 3 aromatic heterocycles. The lowest BCUT2D eigenvalue weighted by molar-refractivity contribution is 0.143. The summed E-state index contributed by atoms with van der Waals surface area (Å²) in [4.78, 5) is 23.8. The Morgan fingerprint density at radius 1 is 1.33 bits per heavy atom. The second kappa shape index (κ2) is 11.4. The van der Waals surface area contributed by atoms with Crippen LogP contribution < -0.4 is 4.74 Å². The third-order valence-corrected chi connectivity index (χ3v) is 7.45. The van der Waals surface area contributed by atoms with Crippen molar-refractivity contribution in [1.82, 2.24) is 44.5 Å². The van der Waals surface area contributed by atoms with Gasteiger partial charge >= 0.3 is 6.09 Å². The average molecular weight is 534 g/mol. The van der Waals surface area contributed by atoms with Gasteiger partial charge in [-0.25, -0.2) is 19.0 Å². The Bertz CT molecular complexity index is 1230. The second-order valence-corrected chi connectivity index (χ2v) is 10.8. The molecule has 2 N–H and O–H groups in total. The molecule has 194 valence electrons. The number of carbonyl (C=O) groups excluding carboxylic acids is 1. The molecule has 1 aliphatic rings. The number of tetrazole rings is 1. The lowest BCUT2D eigenvalue weighted by atomic mass is 10.1. The number of hydrogen-bond donors (Lipinski definition) is 2. The number of hydrogen-bond acceptors (Lipinski definition) is 10. The van der Waals surface area contributed by atoms with Crippen LogP contribution in [0.3, 0.4) is 0 Å². The minimum absolute atomic E-state index is 0.0275. The molecule has 0 atom stereocenters. The van der Waals surface area contributed by atoms with Gasteiger partial charge in [0.1, 0.15) is 5.82 Å². The summed E-state index contributed by atoms with van der Waals surface area (Å²) >= 11 is 6.98. The topological polar surface area (TPSA) is 130 Å². The van der Waals surface area contributed by atoms with Crippen LogP contribution in [0.15, 0.2) is 23.5 Å². The van der Waals surface area contributed by atoms with E-state index in [1.165, 1.54) is 10.8 Å². The summed E-state index contributed by atoms with van der Waals surface area (Å²) in [6, 6.07) is 3.29. The van der Waals surface area contributed by atoms with Crippen LogP contribution in [0.25, 0.3) is 5.82 Å². The first-order chi connectivity index (χ1) is 17.2. The van der Waals surface area contributed by atoms with Crippen molar-refractivity contribution in [2.75, 3.05) is 33.7 Å². The number of ether oxygens (including phenoxy) is 1. The highest BCUT2D eigenvalue weighted by Crippen LogP contribution is 2.30. The number of imidazole rings is 1. The van der Waals surface area contributed by atoms with E-state index in [0.29, 0.717) is 40.4 Å². The molecule has 0 unspecified atom stereocenters. The standard InChI is InChI=1S/C22H31N9O3S2/c1-14(2)18-19(32)31(20(35)24-18)17-6-5-15(13-23-17)34-22(33)29-9-7-16(8-10-29)36-21-25-26-27-30(21)12-11-28(3)4/h5-6,13-14,16,32H,7-12H2,1-4H3,(H,24,35). The molecule has 0 radical (unpaired) electrons. The van der Waals surface area contributed by atoms with Crippen molar-refractivity contribution in [1.29, 1.82) is 0 Å². The molecule has 4 heterocycles. The minimum Gasteiger partial charge on any atom is -0.493 e. The van der Waals surface area contributed by atoms with Gasteiger partial charge in [-0.3, -0.25) is 0 Å². The van der Waals surface area contributed by atoms with E-state index in [-0.39, 0.29) is 11.8 Å². The van der Waals surface area contributed by atoms with E-state index in [4.69, 9.17) is 17.0 Å². The van der Waals surface area contributed by atoms with Crippen molar-refractivity contribution < 1.29 is 14.6 Å². The third-order valence-electron chi connectivity index (χ3n) is 5.86. The van der Waals surface area contributed by atoms with Crippen LogP contribution in [-0.4, -0.2) is 94.7 Å². The van der Waals surface area contributed by atoms with Crippen molar-refractivity contribution in [3.05, 3.63) is 28.8 Å². The van der Waals surface area contributed by atoms with Gasteiger partial charge in [-0.15, -0.1) is 5.10 Å². The molecule has 4 rings (SSSR count). The number of amides is 1. The Morgan fingerprint density at radius 2 is 2.08 bits per heavy atom. The molecule has 1 fully saturated rings. The van der Waals surface area contributed by atoms with Crippen molar-refractivity contribution in [2.24, 2.45) is 0 Å². The van der Waals surface area contributed by atoms with E-state index >= 15 is 0 Å². The number of piperidine rings is 1. The first-order valence-electron chi connectivity index (χ1n) is 11.8. The summed E-state index contributed by atoms with van der Waals surface area (Å²) in [5.74, 6) is 0.866. The summed E-state index contributed by atoms with van der Waals surface area (Å²) in [6.07, 6.45) is 2.68. The van der Waals surface area contributed by atoms with E-state index in [0.717, 1.165) is 31.1 Å². The quantitative estimate of drug-likeness (QED) is 0.417. The lowest BCUT2D eigenvalue weighted by Gasteiger charge is -2.30. The molecule has 0 aliphatic carbocycles. The molecular formula is C22H31N9O3S2. The molecule has 0 bridgehead atoms. The maximum absolute atomic E-state index is 12.7. The van der Waals surface area contributed by atoms with Gasteiger partial charge in [0.15, 0.2) is 10.5 Å². The van der Waals surface area contributed by atoms with Gasteiger partial charge in [0.25, 0.3) is 0 Å². The predicted octanol–water partition coefficient (Wildman–Crippen LogP) is 3.06. The van der Waals surface area contributed by atoms with Crippen LogP contribution in [0.5, 0.6) is 11.6 Å². The molecule has 1 aliphatic heterocycles. The molecule has 1 amide bonds. The fourth-order valence-electron chi connectivity index (χ4n) is 3.81. The number of aromatic amines is 1. The maximum atomic E-state index is 12.7. The number of rotatable bonds is 8. The number of aromatic hydroxyl groups is 1. The Labute approximate surface area is 218 Å². The zero-order valence-electron chi connectivity index (χ0n) is 20.8. The summed E-state index contributed by atoms with van der Waals surface area (Å²) < 4.78 is 9.16. The van der Waals surface area contributed by atoms with Crippen molar-refractivity contribution in [3.8, 4) is 17.4 Å². The zero-order valence-corrected chi connectivity index (χ0v) is 22.4. The van der Waals surface area contributed by atoms with E-state index in [2.05, 4.69) is 30.4 Å². The molecule has 0 aromatic carbocycles. The van der Waals surface area contributed by atoms with Crippen LogP contribution in [-0.2, 0) is 6.54 Å². The predicted molar refractivity (Wildman–Crippen MR) is 137 cm³/mol. The molecule has 12 nitrogen and oxygen atoms in total. The first-order valence-corrected chi connectivity index (χ1v) is 13.1. The van der Waals surface area contributed by atoms with E-state index in [1.54, 1.807) is 28.8 Å². The van der Waals surface area contributed by atoms with Crippen molar-refractivity contribution in [3.63, 3.8) is 0 Å². The largest absolute Gasteiger partial charge is 0.493 e. The normalized spacial score (nSPS) is 14.7. The molecule has 36 heavy (non-hydrogen) atoms. The molecule has 3 aromatic rings. The number of pyridine rings is 1. The number of likely N-dealkylation sites (tertiary alicyclic amines) is 1. The molecular weight excluding hydrogens is 502 g/mol. The van der Waals surface area contributed by atoms with Crippen LogP contribution >= 0.6 is 24.0 Å². The fraction of sp³-hybridized carbons (Fsp3) is 0.545. The van der Waals surface area contributed by atoms with Gasteiger partial charge in [-0.1, -0.05) is 25.6 Å². The van der Waals surface area contributed by atoms with E-state index in [9.17, 15) is 9.90 Å². The van der Waals surface area contributed by atoms with Crippen LogP contribution in [0.4, 0.5) is 4.79 Å². The second-order valence-electron chi connectivity index (χ2n) is 9.17. The van der Waals surface area contributed by atoms with Gasteiger partial charge in [0.05, 0.1) is 18.4 Å². The van der Waals surface area contributed by atoms with Gasteiger partial charge in [0.2, 0.25) is 11.0 Å². The van der Waals surface area contributed by atoms with Crippen molar-refractivity contribution in [2.45, 2.75) is 49.6 Å². The molecule has 14 heteroatoms. The Morgan fingerprint density at radius 3 is 2.69 bits per heavy atom. The SMILES string of the molecule is CC(C)c1[nH]c(=S)n(-c2ccc(OC(=O)N3CCC(Sc4nnnn4CCN(C)C)CC3)cn2)c1O. The Hall–Kier alpha value is -2.97. The monoisotopic (exact) mass is 533 g/mol. The zero-order chi connectivity index (χ0) is 25.8. The van der Waals surface area contributed by atoms with Gasteiger partial charge in [-0.2, -0.15) is 0 Å². The molecule has 0 saturated carbocycles. The summed E-state index contributed by atoms with van der Waals surface area (Å²) in [5, 5.41) is 23.7. The van der Waals surface area contributed by atoms with E-state index in [1.807, 2.05) is 32.6 Å². The Kier molecular flexibility index (Phi) is 8.26. The van der Waals surface area contributed by atoms with Gasteiger partial charge in [-0.05, 0) is 67.6 Å². The molecule has 0 spiro atoms. The highest BCUT2D eigenvalue weighted by Gasteiger charge is 2.26. The lowest BCUT2D eigenvalue weighted by Crippen LogP contribution is -2.41. The third kappa shape index (κ3) is 6.05. The van der Waals surface area contributed by atoms with E-state index < -0.39 is 6.09 Å². The maximum Gasteiger partial charge on any atom is 0.415 e. The minimum atomic E-state index is -0.410. The smallest absolute Gasteiger partial charge is 0.415 e. The highest BCUT2D eigenvalue weighted by molar-refractivity contribution is 7.99. The summed E-state index contributed by atoms with van der Waals surface area (Å²) in [6.45, 7) is 6.68. The van der Waals surface area contributed by atoms with Crippen LogP contribution in [0.2, 0.25) is 0 Å². The van der Waals surface area contributed by atoms with Gasteiger partial charge in [0, 0.05) is 24.9 Å². The van der Waals surface area contributed by atoms with Crippen LogP contribution in [0, 0.1) is 4.77 Å². The summed E-state index contributed by atoms with van der Waals surface area (Å²) in [7, 11) is 4.03. The Balaban J connectivity index is 1.30. The number of H-pyrrole nitrogens is 1. The highest BCUT2D eigenvalue weighted by atomic mass is 32.2. The number of nitrogens with one attached hydrogen (secondary N) is 1. The average Bonchev–Trinajstić information content (AvgIpc) is 3.41. The number of likely N-dealkylation sites (N-methyl/N-ethyl adjacent to an activating group) is 1. The number of thioether (sulfide) groups is 1. The van der Waals surface area contributed by atoms with Crippen LogP contribution in [0.1, 0.15) is 38.3 Å². The number of aromatic nitrogens is 7. The van der Waals surface area contributed by atoms with Crippen molar-refractivity contribution >= 4 is 30.1 Å². The first kappa shape index (κ1) is 26.1. The van der Waals surface area contributed by atoms with Gasteiger partial charge < -0.3 is 24.6 Å². The number of nitrogens with zero attached hydrogens (tertiary/aromatic N) is 8. The fourth-order valence-corrected chi connectivity index (χ4v) is 5.18. The summed E-state index contributed by atoms with van der Waals surface area (Å²) in [5.41, 5.74) is 0.643.